The fourth-order valence-electron chi connectivity index (χ4n) is 2.54. The topological polar surface area (TPSA) is 76.1 Å². The van der Waals surface area contributed by atoms with Gasteiger partial charge in [-0.25, -0.2) is 9.18 Å². The second-order valence-electron chi connectivity index (χ2n) is 5.56. The van der Waals surface area contributed by atoms with Crippen molar-refractivity contribution in [3.8, 4) is 11.5 Å². The lowest BCUT2D eigenvalue weighted by molar-refractivity contribution is -0.139. The van der Waals surface area contributed by atoms with Crippen LogP contribution in [0.25, 0.3) is 6.08 Å². The van der Waals surface area contributed by atoms with Crippen LogP contribution in [0.5, 0.6) is 11.5 Å². The lowest BCUT2D eigenvalue weighted by Crippen LogP contribution is -2.27. The largest absolute Gasteiger partial charge is 0.493 e. The van der Waals surface area contributed by atoms with Gasteiger partial charge in [0.15, 0.2) is 22.4 Å². The molecule has 1 saturated heterocycles. The van der Waals surface area contributed by atoms with Gasteiger partial charge < -0.3 is 14.6 Å². The summed E-state index contributed by atoms with van der Waals surface area (Å²) in [6, 6.07) is 10.5. The average Bonchev–Trinajstić information content (AvgIpc) is 2.93. The number of hydrogen-bond acceptors (Lipinski definition) is 6. The molecule has 0 unspecified atom stereocenters. The second kappa shape index (κ2) is 8.41. The van der Waals surface area contributed by atoms with Crippen LogP contribution in [0.4, 0.5) is 10.1 Å². The highest BCUT2D eigenvalue weighted by Gasteiger charge is 2.33. The van der Waals surface area contributed by atoms with Crippen LogP contribution in [-0.2, 0) is 9.59 Å². The molecule has 0 atom stereocenters. The Bertz CT molecular complexity index is 992. The highest BCUT2D eigenvalue weighted by Crippen LogP contribution is 2.39. The quantitative estimate of drug-likeness (QED) is 0.565. The molecular weight excluding hydrogens is 405 g/mol. The molecule has 1 aliphatic heterocycles. The van der Waals surface area contributed by atoms with E-state index in [4.69, 9.17) is 26.8 Å². The summed E-state index contributed by atoms with van der Waals surface area (Å²) in [5, 5.41) is 8.88. The Morgan fingerprint density at radius 2 is 2.07 bits per heavy atom. The number of halogens is 1. The Balaban J connectivity index is 1.97. The van der Waals surface area contributed by atoms with E-state index in [9.17, 15) is 14.0 Å². The molecule has 9 heteroatoms. The third kappa shape index (κ3) is 4.15. The zero-order valence-electron chi connectivity index (χ0n) is 14.5. The zero-order valence-corrected chi connectivity index (χ0v) is 16.2. The predicted molar refractivity (Wildman–Crippen MR) is 108 cm³/mol. The first-order valence-electron chi connectivity index (χ1n) is 7.96. The second-order valence-corrected chi connectivity index (χ2v) is 7.23. The van der Waals surface area contributed by atoms with Crippen molar-refractivity contribution in [2.75, 3.05) is 18.6 Å². The number of hydrogen-bond donors (Lipinski definition) is 1. The van der Waals surface area contributed by atoms with Gasteiger partial charge in [-0.15, -0.1) is 0 Å². The third-order valence-electron chi connectivity index (χ3n) is 3.72. The van der Waals surface area contributed by atoms with Gasteiger partial charge in [0.1, 0.15) is 5.82 Å². The molecule has 2 aromatic carbocycles. The van der Waals surface area contributed by atoms with Gasteiger partial charge in [-0.1, -0.05) is 42.2 Å². The smallest absolute Gasteiger partial charge is 0.341 e. The number of thiocarbonyl (C=S) groups is 1. The third-order valence-corrected chi connectivity index (χ3v) is 5.02. The summed E-state index contributed by atoms with van der Waals surface area (Å²) in [5.41, 5.74) is 0.791. The van der Waals surface area contributed by atoms with Gasteiger partial charge in [0.05, 0.1) is 17.7 Å². The zero-order chi connectivity index (χ0) is 20.3. The number of anilines is 1. The van der Waals surface area contributed by atoms with Crippen LogP contribution in [0.15, 0.2) is 47.4 Å². The maximum absolute atomic E-state index is 13.5. The Kier molecular flexibility index (Phi) is 5.96. The lowest BCUT2D eigenvalue weighted by Gasteiger charge is -2.14. The number of carbonyl (C=O) groups is 2. The van der Waals surface area contributed by atoms with E-state index in [1.165, 1.54) is 36.3 Å². The van der Waals surface area contributed by atoms with E-state index in [0.717, 1.165) is 11.8 Å². The lowest BCUT2D eigenvalue weighted by atomic mass is 10.1. The Hall–Kier alpha value is -2.91. The van der Waals surface area contributed by atoms with E-state index >= 15 is 0 Å². The predicted octanol–water partition coefficient (Wildman–Crippen LogP) is 3.70. The standard InChI is InChI=1S/C19H14FNO5S2/c1-25-14-7-2-4-11(17(14)26-10-16(22)23)8-15-18(24)21(19(27)28-15)13-6-3-5-12(20)9-13/h2-9H,10H2,1H3,(H,22,23)/b15-8-. The number of rotatable bonds is 6. The van der Waals surface area contributed by atoms with Gasteiger partial charge in [-0.3, -0.25) is 9.69 Å². The number of thioether (sulfide) groups is 1. The van der Waals surface area contributed by atoms with Crippen molar-refractivity contribution in [1.29, 1.82) is 0 Å². The van der Waals surface area contributed by atoms with Gasteiger partial charge in [0.2, 0.25) is 0 Å². The van der Waals surface area contributed by atoms with Gasteiger partial charge in [-0.05, 0) is 30.3 Å². The van der Waals surface area contributed by atoms with E-state index < -0.39 is 24.3 Å². The van der Waals surface area contributed by atoms with Crippen molar-refractivity contribution in [2.24, 2.45) is 0 Å². The van der Waals surface area contributed by atoms with Gasteiger partial charge in [-0.2, -0.15) is 0 Å². The first-order chi connectivity index (χ1) is 13.4. The molecule has 1 amide bonds. The Morgan fingerprint density at radius 1 is 1.32 bits per heavy atom. The van der Waals surface area contributed by atoms with Crippen LogP contribution >= 0.6 is 24.0 Å². The highest BCUT2D eigenvalue weighted by atomic mass is 32.2. The van der Waals surface area contributed by atoms with Crippen molar-refractivity contribution in [2.45, 2.75) is 0 Å². The first kappa shape index (κ1) is 19.8. The SMILES string of the molecule is COc1cccc(/C=C2\SC(=S)N(c3cccc(F)c3)C2=O)c1OCC(=O)O. The van der Waals surface area contributed by atoms with Crippen molar-refractivity contribution < 1.29 is 28.6 Å². The molecule has 0 aromatic heterocycles. The number of methoxy groups -OCH3 is 1. The minimum atomic E-state index is -1.14. The number of carboxylic acid groups (broad SMARTS) is 1. The fourth-order valence-corrected chi connectivity index (χ4v) is 3.83. The van der Waals surface area contributed by atoms with Gasteiger partial charge in [0, 0.05) is 5.56 Å². The fraction of sp³-hybridized carbons (Fsp3) is 0.105. The van der Waals surface area contributed by atoms with E-state index in [0.29, 0.717) is 21.9 Å². The molecule has 0 radical (unpaired) electrons. The number of nitrogens with zero attached hydrogens (tertiary/aromatic N) is 1. The normalized spacial score (nSPS) is 15.2. The minimum absolute atomic E-state index is 0.198. The minimum Gasteiger partial charge on any atom is -0.493 e. The van der Waals surface area contributed by atoms with Crippen LogP contribution < -0.4 is 14.4 Å². The number of carbonyl (C=O) groups excluding carboxylic acids is 1. The van der Waals surface area contributed by atoms with Crippen LogP contribution in [0, 0.1) is 5.82 Å². The van der Waals surface area contributed by atoms with Crippen molar-refractivity contribution in [3.05, 3.63) is 58.8 Å². The summed E-state index contributed by atoms with van der Waals surface area (Å²) < 4.78 is 24.3. The first-order valence-corrected chi connectivity index (χ1v) is 9.18. The molecule has 0 bridgehead atoms. The Labute approximate surface area is 169 Å². The number of amides is 1. The average molecular weight is 419 g/mol. The molecular formula is C19H14FNO5S2. The molecule has 2 aromatic rings. The van der Waals surface area contributed by atoms with Crippen molar-refractivity contribution >= 4 is 51.9 Å². The highest BCUT2D eigenvalue weighted by molar-refractivity contribution is 8.27. The van der Waals surface area contributed by atoms with E-state index in [-0.39, 0.29) is 10.1 Å². The van der Waals surface area contributed by atoms with Gasteiger partial charge in [0.25, 0.3) is 5.91 Å². The van der Waals surface area contributed by atoms with Gasteiger partial charge >= 0.3 is 5.97 Å². The maximum Gasteiger partial charge on any atom is 0.341 e. The molecule has 0 saturated carbocycles. The van der Waals surface area contributed by atoms with Crippen molar-refractivity contribution in [3.63, 3.8) is 0 Å². The van der Waals surface area contributed by atoms with E-state index in [1.807, 2.05) is 0 Å². The molecule has 1 fully saturated rings. The summed E-state index contributed by atoms with van der Waals surface area (Å²) >= 11 is 6.33. The molecule has 3 rings (SSSR count). The number of aliphatic carboxylic acids is 1. The number of ether oxygens (including phenoxy) is 2. The molecule has 1 aliphatic rings. The molecule has 6 nitrogen and oxygen atoms in total. The molecule has 28 heavy (non-hydrogen) atoms. The van der Waals surface area contributed by atoms with E-state index in [1.54, 1.807) is 24.3 Å². The molecule has 0 aliphatic carbocycles. The monoisotopic (exact) mass is 419 g/mol. The summed E-state index contributed by atoms with van der Waals surface area (Å²) in [6.45, 7) is -0.564. The molecule has 1 N–H and O–H groups in total. The number of benzene rings is 2. The van der Waals surface area contributed by atoms with Crippen LogP contribution in [0.1, 0.15) is 5.56 Å². The Morgan fingerprint density at radius 3 is 2.75 bits per heavy atom. The molecule has 144 valence electrons. The summed E-state index contributed by atoms with van der Waals surface area (Å²) in [4.78, 5) is 25.2. The summed E-state index contributed by atoms with van der Waals surface area (Å²) in [5.74, 6) is -1.51. The van der Waals surface area contributed by atoms with Crippen LogP contribution in [0.3, 0.4) is 0 Å². The summed E-state index contributed by atoms with van der Waals surface area (Å²) in [7, 11) is 1.43. The molecule has 0 spiro atoms. The number of para-hydroxylation sites is 1. The summed E-state index contributed by atoms with van der Waals surface area (Å²) in [6.07, 6.45) is 1.54. The molecule has 1 heterocycles. The maximum atomic E-state index is 13.5. The van der Waals surface area contributed by atoms with Crippen LogP contribution in [0.2, 0.25) is 0 Å². The van der Waals surface area contributed by atoms with E-state index in [2.05, 4.69) is 0 Å². The van der Waals surface area contributed by atoms with Crippen LogP contribution in [-0.4, -0.2) is 35.0 Å². The number of carboxylic acids is 1. The van der Waals surface area contributed by atoms with Crippen molar-refractivity contribution in [1.82, 2.24) is 0 Å².